The highest BCUT2D eigenvalue weighted by atomic mass is 16.5. The minimum atomic E-state index is -0.129. The van der Waals surface area contributed by atoms with E-state index in [1.807, 2.05) is 52.9 Å². The van der Waals surface area contributed by atoms with Crippen molar-refractivity contribution in [3.05, 3.63) is 71.9 Å². The highest BCUT2D eigenvalue weighted by Gasteiger charge is 2.33. The first-order valence-electron chi connectivity index (χ1n) is 12.1. The van der Waals surface area contributed by atoms with Crippen LogP contribution in [0.15, 0.2) is 54.9 Å². The van der Waals surface area contributed by atoms with Crippen molar-refractivity contribution in [3.8, 4) is 5.82 Å². The normalized spacial score (nSPS) is 18.5. The van der Waals surface area contributed by atoms with Crippen molar-refractivity contribution in [3.63, 3.8) is 0 Å². The fourth-order valence-corrected chi connectivity index (χ4v) is 4.78. The van der Waals surface area contributed by atoms with E-state index in [1.165, 1.54) is 0 Å². The molecule has 0 saturated carbocycles. The highest BCUT2D eigenvalue weighted by Crippen LogP contribution is 2.33. The number of para-hydroxylation sites is 1. The van der Waals surface area contributed by atoms with E-state index in [0.717, 1.165) is 43.3 Å². The highest BCUT2D eigenvalue weighted by molar-refractivity contribution is 6.04. The van der Waals surface area contributed by atoms with Gasteiger partial charge in [0.15, 0.2) is 0 Å². The molecule has 0 spiro atoms. The lowest BCUT2D eigenvalue weighted by Gasteiger charge is -2.27. The summed E-state index contributed by atoms with van der Waals surface area (Å²) in [5.74, 6) is 1.42. The fraction of sp³-hybridized carbons (Fsp3) is 0.385. The first kappa shape index (κ1) is 23.2. The topological polar surface area (TPSA) is 92.6 Å². The molecule has 2 aliphatic heterocycles. The van der Waals surface area contributed by atoms with Crippen molar-refractivity contribution in [1.82, 2.24) is 24.3 Å². The Morgan fingerprint density at radius 2 is 1.91 bits per heavy atom. The third-order valence-electron chi connectivity index (χ3n) is 6.59. The molecule has 2 aliphatic rings. The molecule has 1 N–H and O–H groups in total. The summed E-state index contributed by atoms with van der Waals surface area (Å²) in [6.45, 7) is 5.59. The molecule has 3 aromatic rings. The van der Waals surface area contributed by atoms with Gasteiger partial charge >= 0.3 is 0 Å². The van der Waals surface area contributed by atoms with Gasteiger partial charge < -0.3 is 15.0 Å². The van der Waals surface area contributed by atoms with Crippen LogP contribution in [-0.2, 0) is 9.53 Å². The number of hydrogen-bond donors (Lipinski definition) is 1. The Balaban J connectivity index is 1.34. The minimum absolute atomic E-state index is 0.0965. The van der Waals surface area contributed by atoms with E-state index in [0.29, 0.717) is 31.0 Å². The van der Waals surface area contributed by atoms with Crippen molar-refractivity contribution < 1.29 is 14.3 Å². The van der Waals surface area contributed by atoms with E-state index in [4.69, 9.17) is 9.72 Å². The molecule has 0 radical (unpaired) electrons. The molecule has 2 fully saturated rings. The first-order valence-corrected chi connectivity index (χ1v) is 12.1. The summed E-state index contributed by atoms with van der Waals surface area (Å²) in [5, 5.41) is 2.96. The van der Waals surface area contributed by atoms with Gasteiger partial charge in [-0.2, -0.15) is 0 Å². The second-order valence-corrected chi connectivity index (χ2v) is 8.90. The smallest absolute Gasteiger partial charge is 0.256 e. The van der Waals surface area contributed by atoms with Gasteiger partial charge in [-0.1, -0.05) is 18.2 Å². The Kier molecular flexibility index (Phi) is 6.87. The summed E-state index contributed by atoms with van der Waals surface area (Å²) in [6.07, 6.45) is 5.38. The summed E-state index contributed by atoms with van der Waals surface area (Å²) >= 11 is 0. The van der Waals surface area contributed by atoms with Crippen LogP contribution in [0, 0.1) is 6.92 Å². The average Bonchev–Trinajstić information content (AvgIpc) is 3.54. The van der Waals surface area contributed by atoms with Crippen LogP contribution in [0.4, 0.5) is 5.69 Å². The maximum atomic E-state index is 13.7. The molecular weight excluding hydrogens is 444 g/mol. The Labute approximate surface area is 204 Å². The molecule has 0 bridgehead atoms. The Hall–Kier alpha value is -3.56. The molecule has 2 saturated heterocycles. The number of morpholine rings is 1. The number of amides is 2. The van der Waals surface area contributed by atoms with E-state index in [9.17, 15) is 9.59 Å². The summed E-state index contributed by atoms with van der Waals surface area (Å²) in [5.41, 5.74) is 1.89. The number of benzene rings is 1. The monoisotopic (exact) mass is 474 g/mol. The Bertz CT molecular complexity index is 1200. The predicted molar refractivity (Wildman–Crippen MR) is 131 cm³/mol. The van der Waals surface area contributed by atoms with Crippen molar-refractivity contribution in [2.75, 3.05) is 44.7 Å². The van der Waals surface area contributed by atoms with Crippen LogP contribution in [0.25, 0.3) is 5.82 Å². The Morgan fingerprint density at radius 1 is 1.09 bits per heavy atom. The molecular formula is C26H30N6O3. The zero-order chi connectivity index (χ0) is 24.2. The van der Waals surface area contributed by atoms with Crippen LogP contribution in [0.1, 0.15) is 40.8 Å². The molecule has 2 aromatic heterocycles. The number of imidazole rings is 1. The van der Waals surface area contributed by atoms with Gasteiger partial charge in [0.25, 0.3) is 5.91 Å². The van der Waals surface area contributed by atoms with E-state index in [2.05, 4.69) is 15.2 Å². The van der Waals surface area contributed by atoms with Gasteiger partial charge in [-0.05, 0) is 44.0 Å². The zero-order valence-corrected chi connectivity index (χ0v) is 19.9. The van der Waals surface area contributed by atoms with Gasteiger partial charge in [0.1, 0.15) is 11.6 Å². The second kappa shape index (κ2) is 10.4. The zero-order valence-electron chi connectivity index (χ0n) is 19.9. The number of ether oxygens (including phenoxy) is 1. The fourth-order valence-electron chi connectivity index (χ4n) is 4.78. The SMILES string of the molecule is Cc1nccn1-c1cccc(C2CCCN2C(=O)c2ccccc2NC(=O)CN2CCOCC2)n1. The average molecular weight is 475 g/mol. The number of nitrogens with one attached hydrogen (secondary N) is 1. The van der Waals surface area contributed by atoms with Crippen LogP contribution in [0.5, 0.6) is 0 Å². The molecule has 35 heavy (non-hydrogen) atoms. The number of aryl methyl sites for hydroxylation is 1. The molecule has 0 aliphatic carbocycles. The number of carbonyl (C=O) groups is 2. The van der Waals surface area contributed by atoms with E-state index < -0.39 is 0 Å². The van der Waals surface area contributed by atoms with Crippen LogP contribution in [0.3, 0.4) is 0 Å². The molecule has 9 heteroatoms. The number of rotatable bonds is 6. The molecule has 1 aromatic carbocycles. The van der Waals surface area contributed by atoms with Crippen LogP contribution >= 0.6 is 0 Å². The lowest BCUT2D eigenvalue weighted by molar-refractivity contribution is -0.118. The summed E-state index contributed by atoms with van der Waals surface area (Å²) in [6, 6.07) is 13.0. The number of nitrogens with zero attached hydrogens (tertiary/aromatic N) is 5. The molecule has 1 atom stereocenters. The van der Waals surface area contributed by atoms with Crippen LogP contribution in [-0.4, -0.2) is 75.5 Å². The van der Waals surface area contributed by atoms with Crippen molar-refractivity contribution >= 4 is 17.5 Å². The van der Waals surface area contributed by atoms with Crippen molar-refractivity contribution in [2.45, 2.75) is 25.8 Å². The van der Waals surface area contributed by atoms with Crippen LogP contribution in [0.2, 0.25) is 0 Å². The van der Waals surface area contributed by atoms with Crippen molar-refractivity contribution in [2.24, 2.45) is 0 Å². The second-order valence-electron chi connectivity index (χ2n) is 8.90. The maximum Gasteiger partial charge on any atom is 0.256 e. The number of hydrogen-bond acceptors (Lipinski definition) is 6. The van der Waals surface area contributed by atoms with E-state index in [1.54, 1.807) is 18.3 Å². The minimum Gasteiger partial charge on any atom is -0.379 e. The summed E-state index contributed by atoms with van der Waals surface area (Å²) in [4.78, 5) is 39.5. The largest absolute Gasteiger partial charge is 0.379 e. The van der Waals surface area contributed by atoms with Gasteiger partial charge in [0, 0.05) is 32.0 Å². The van der Waals surface area contributed by atoms with Gasteiger partial charge in [-0.15, -0.1) is 0 Å². The van der Waals surface area contributed by atoms with Gasteiger partial charge in [-0.3, -0.25) is 19.1 Å². The summed E-state index contributed by atoms with van der Waals surface area (Å²) < 4.78 is 7.29. The standard InChI is InChI=1S/C26H30N6O3/c1-19-27-11-13-31(19)24-10-4-8-22(28-24)23-9-5-12-32(23)26(34)20-6-2-3-7-21(20)29-25(33)18-30-14-16-35-17-15-30/h2-4,6-8,10-11,13,23H,5,9,12,14-18H2,1H3,(H,29,33). The first-order chi connectivity index (χ1) is 17.1. The van der Waals surface area contributed by atoms with Crippen LogP contribution < -0.4 is 5.32 Å². The lowest BCUT2D eigenvalue weighted by atomic mass is 10.1. The van der Waals surface area contributed by atoms with E-state index in [-0.39, 0.29) is 24.4 Å². The predicted octanol–water partition coefficient (Wildman–Crippen LogP) is 2.82. The lowest BCUT2D eigenvalue weighted by Crippen LogP contribution is -2.41. The van der Waals surface area contributed by atoms with Crippen molar-refractivity contribution in [1.29, 1.82) is 0 Å². The van der Waals surface area contributed by atoms with E-state index >= 15 is 0 Å². The molecule has 2 amide bonds. The maximum absolute atomic E-state index is 13.7. The number of aromatic nitrogens is 3. The molecule has 182 valence electrons. The van der Waals surface area contributed by atoms with Gasteiger partial charge in [-0.25, -0.2) is 9.97 Å². The molecule has 5 rings (SSSR count). The molecule has 4 heterocycles. The third kappa shape index (κ3) is 5.11. The van der Waals surface area contributed by atoms with Gasteiger partial charge in [0.05, 0.1) is 42.7 Å². The number of anilines is 1. The quantitative estimate of drug-likeness (QED) is 0.591. The third-order valence-corrected chi connectivity index (χ3v) is 6.59. The molecule has 1 unspecified atom stereocenters. The molecule has 9 nitrogen and oxygen atoms in total. The number of carbonyl (C=O) groups excluding carboxylic acids is 2. The Morgan fingerprint density at radius 3 is 2.71 bits per heavy atom. The number of likely N-dealkylation sites (tertiary alicyclic amines) is 1. The van der Waals surface area contributed by atoms with Gasteiger partial charge in [0.2, 0.25) is 5.91 Å². The number of pyridine rings is 1. The summed E-state index contributed by atoms with van der Waals surface area (Å²) in [7, 11) is 0.